The maximum absolute atomic E-state index is 12.1. The van der Waals surface area contributed by atoms with Gasteiger partial charge in [-0.15, -0.1) is 0 Å². The average molecular weight is 256 g/mol. The Bertz CT molecular complexity index is 498. The van der Waals surface area contributed by atoms with Crippen LogP contribution in [0.3, 0.4) is 0 Å². The number of rotatable bonds is 2. The molecule has 0 radical (unpaired) electrons. The predicted octanol–water partition coefficient (Wildman–Crippen LogP) is 2.71. The molecule has 19 heavy (non-hydrogen) atoms. The second-order valence-electron chi connectivity index (χ2n) is 5.44. The Morgan fingerprint density at radius 2 is 1.68 bits per heavy atom. The Hall–Kier alpha value is -1.77. The van der Waals surface area contributed by atoms with Crippen molar-refractivity contribution >= 4 is 11.6 Å². The number of hydrogen-bond donors (Lipinski definition) is 0. The van der Waals surface area contributed by atoms with Crippen LogP contribution in [0.2, 0.25) is 0 Å². The molecule has 100 valence electrons. The molecule has 3 nitrogen and oxygen atoms in total. The largest absolute Gasteiger partial charge is 0.373 e. The van der Waals surface area contributed by atoms with Gasteiger partial charge in [-0.3, -0.25) is 4.79 Å². The summed E-state index contributed by atoms with van der Waals surface area (Å²) in [5.74, 6) is 0.115. The molecule has 2 aliphatic heterocycles. The highest BCUT2D eigenvalue weighted by atomic mass is 16.2. The van der Waals surface area contributed by atoms with Crippen molar-refractivity contribution in [1.29, 1.82) is 0 Å². The molecule has 1 amide bonds. The normalized spacial score (nSPS) is 19.8. The molecule has 0 aliphatic carbocycles. The summed E-state index contributed by atoms with van der Waals surface area (Å²) in [6, 6.07) is 8.17. The summed E-state index contributed by atoms with van der Waals surface area (Å²) in [6.45, 7) is 4.98. The van der Waals surface area contributed by atoms with Crippen LogP contribution in [0.4, 0.5) is 5.69 Å². The number of hydrogen-bond acceptors (Lipinski definition) is 2. The summed E-state index contributed by atoms with van der Waals surface area (Å²) in [5, 5.41) is 0. The van der Waals surface area contributed by atoms with E-state index in [4.69, 9.17) is 0 Å². The van der Waals surface area contributed by atoms with Crippen molar-refractivity contribution in [2.24, 2.45) is 0 Å². The van der Waals surface area contributed by atoms with Crippen molar-refractivity contribution in [2.75, 3.05) is 24.5 Å². The van der Waals surface area contributed by atoms with Crippen LogP contribution in [0.25, 0.3) is 0 Å². The minimum Gasteiger partial charge on any atom is -0.373 e. The number of benzene rings is 1. The number of aryl methyl sites for hydroxylation is 1. The molecule has 1 saturated heterocycles. The number of nitrogens with zero attached hydrogens (tertiary/aromatic N) is 2. The predicted molar refractivity (Wildman–Crippen MR) is 77.0 cm³/mol. The third-order valence-electron chi connectivity index (χ3n) is 3.98. The van der Waals surface area contributed by atoms with E-state index in [2.05, 4.69) is 24.0 Å². The molecule has 2 aliphatic rings. The van der Waals surface area contributed by atoms with Crippen LogP contribution >= 0.6 is 0 Å². The number of anilines is 1. The van der Waals surface area contributed by atoms with Crippen LogP contribution in [-0.2, 0) is 4.79 Å². The van der Waals surface area contributed by atoms with Gasteiger partial charge in [0.05, 0.1) is 6.54 Å². The van der Waals surface area contributed by atoms with E-state index in [1.807, 2.05) is 23.1 Å². The molecule has 3 rings (SSSR count). The highest BCUT2D eigenvalue weighted by Crippen LogP contribution is 2.25. The lowest BCUT2D eigenvalue weighted by molar-refractivity contribution is -0.113. The van der Waals surface area contributed by atoms with E-state index >= 15 is 0 Å². The molecule has 1 aromatic carbocycles. The van der Waals surface area contributed by atoms with Crippen molar-refractivity contribution in [3.05, 3.63) is 41.6 Å². The molecule has 0 N–H and O–H groups in total. The Balaban J connectivity index is 1.74. The van der Waals surface area contributed by atoms with Crippen LogP contribution < -0.4 is 4.90 Å². The molecule has 0 atom stereocenters. The number of piperidine rings is 1. The topological polar surface area (TPSA) is 23.6 Å². The van der Waals surface area contributed by atoms with E-state index < -0.39 is 0 Å². The van der Waals surface area contributed by atoms with Crippen molar-refractivity contribution in [3.8, 4) is 0 Å². The van der Waals surface area contributed by atoms with Crippen LogP contribution in [-0.4, -0.2) is 30.4 Å². The first-order valence-electron chi connectivity index (χ1n) is 7.08. The molecule has 0 unspecified atom stereocenters. The lowest BCUT2D eigenvalue weighted by Gasteiger charge is -2.30. The lowest BCUT2D eigenvalue weighted by Crippen LogP contribution is -2.32. The van der Waals surface area contributed by atoms with E-state index in [-0.39, 0.29) is 5.91 Å². The molecule has 0 aromatic heterocycles. The summed E-state index contributed by atoms with van der Waals surface area (Å²) < 4.78 is 0. The number of amides is 1. The standard InChI is InChI=1S/C16H20N2O/c1-13-5-7-14(8-6-13)18-12-15(11-16(18)19)17-9-3-2-4-10-17/h5-8,11H,2-4,9-10,12H2,1H3. The van der Waals surface area contributed by atoms with Crippen LogP contribution in [0, 0.1) is 6.92 Å². The number of carbonyl (C=O) groups excluding carboxylic acids is 1. The number of carbonyl (C=O) groups is 1. The molecule has 2 heterocycles. The Kier molecular flexibility index (Phi) is 3.28. The van der Waals surface area contributed by atoms with Gasteiger partial charge in [-0.05, 0) is 38.3 Å². The number of likely N-dealkylation sites (tertiary alicyclic amines) is 1. The van der Waals surface area contributed by atoms with Crippen LogP contribution in [0.1, 0.15) is 24.8 Å². The van der Waals surface area contributed by atoms with Crippen LogP contribution in [0.5, 0.6) is 0 Å². The molecular formula is C16H20N2O. The van der Waals surface area contributed by atoms with Crippen molar-refractivity contribution in [2.45, 2.75) is 26.2 Å². The smallest absolute Gasteiger partial charge is 0.253 e. The summed E-state index contributed by atoms with van der Waals surface area (Å²) in [5.41, 5.74) is 3.41. The van der Waals surface area contributed by atoms with Gasteiger partial charge in [-0.1, -0.05) is 17.7 Å². The van der Waals surface area contributed by atoms with E-state index in [9.17, 15) is 4.79 Å². The van der Waals surface area contributed by atoms with E-state index in [0.29, 0.717) is 0 Å². The van der Waals surface area contributed by atoms with E-state index in [1.54, 1.807) is 0 Å². The molecule has 0 saturated carbocycles. The first kappa shape index (κ1) is 12.3. The van der Waals surface area contributed by atoms with Crippen molar-refractivity contribution in [3.63, 3.8) is 0 Å². The average Bonchev–Trinajstić information content (AvgIpc) is 2.83. The SMILES string of the molecule is Cc1ccc(N2CC(N3CCCCC3)=CC2=O)cc1. The zero-order valence-corrected chi connectivity index (χ0v) is 11.4. The van der Waals surface area contributed by atoms with E-state index in [1.165, 1.54) is 30.5 Å². The van der Waals surface area contributed by atoms with Gasteiger partial charge >= 0.3 is 0 Å². The fourth-order valence-electron chi connectivity index (χ4n) is 2.82. The summed E-state index contributed by atoms with van der Waals surface area (Å²) in [6.07, 6.45) is 5.62. The first-order chi connectivity index (χ1) is 9.24. The lowest BCUT2D eigenvalue weighted by atomic mass is 10.1. The van der Waals surface area contributed by atoms with Crippen molar-refractivity contribution < 1.29 is 4.79 Å². The van der Waals surface area contributed by atoms with Gasteiger partial charge in [0.15, 0.2) is 0 Å². The van der Waals surface area contributed by atoms with Gasteiger partial charge in [0.2, 0.25) is 0 Å². The fraction of sp³-hybridized carbons (Fsp3) is 0.438. The molecule has 0 bridgehead atoms. The van der Waals surface area contributed by atoms with Gasteiger partial charge in [0, 0.05) is 30.5 Å². The van der Waals surface area contributed by atoms with E-state index in [0.717, 1.165) is 25.3 Å². The fourth-order valence-corrected chi connectivity index (χ4v) is 2.82. The molecular weight excluding hydrogens is 236 g/mol. The van der Waals surface area contributed by atoms with Gasteiger partial charge in [-0.25, -0.2) is 0 Å². The van der Waals surface area contributed by atoms with Crippen LogP contribution in [0.15, 0.2) is 36.0 Å². The monoisotopic (exact) mass is 256 g/mol. The Morgan fingerprint density at radius 3 is 2.37 bits per heavy atom. The van der Waals surface area contributed by atoms with Gasteiger partial charge in [-0.2, -0.15) is 0 Å². The third kappa shape index (κ3) is 2.50. The Labute approximate surface area is 114 Å². The summed E-state index contributed by atoms with van der Waals surface area (Å²) in [4.78, 5) is 16.4. The minimum absolute atomic E-state index is 0.115. The van der Waals surface area contributed by atoms with Gasteiger partial charge in [0.1, 0.15) is 0 Å². The highest BCUT2D eigenvalue weighted by Gasteiger charge is 2.26. The van der Waals surface area contributed by atoms with Gasteiger partial charge < -0.3 is 9.80 Å². The molecule has 1 fully saturated rings. The molecule has 1 aromatic rings. The molecule has 0 spiro atoms. The second kappa shape index (κ2) is 5.08. The summed E-state index contributed by atoms with van der Waals surface area (Å²) in [7, 11) is 0. The van der Waals surface area contributed by atoms with Gasteiger partial charge in [0.25, 0.3) is 5.91 Å². The zero-order valence-electron chi connectivity index (χ0n) is 11.4. The maximum atomic E-state index is 12.1. The minimum atomic E-state index is 0.115. The first-order valence-corrected chi connectivity index (χ1v) is 7.08. The summed E-state index contributed by atoms with van der Waals surface area (Å²) >= 11 is 0. The maximum Gasteiger partial charge on any atom is 0.253 e. The quantitative estimate of drug-likeness (QED) is 0.812. The zero-order chi connectivity index (χ0) is 13.2. The van der Waals surface area contributed by atoms with Crippen molar-refractivity contribution in [1.82, 2.24) is 4.90 Å². The Morgan fingerprint density at radius 1 is 1.00 bits per heavy atom. The molecule has 3 heteroatoms. The highest BCUT2D eigenvalue weighted by molar-refractivity contribution is 6.04. The third-order valence-corrected chi connectivity index (χ3v) is 3.98. The second-order valence-corrected chi connectivity index (χ2v) is 5.44.